The minimum atomic E-state index is 0.247. The molecule has 1 heterocycles. The SMILES string of the molecule is CC(NCc1ccc(I)o1)c1cccc(Cl)c1. The number of benzene rings is 1. The molecule has 0 aliphatic carbocycles. The Labute approximate surface area is 119 Å². The van der Waals surface area contributed by atoms with Crippen LogP contribution in [0.4, 0.5) is 0 Å². The summed E-state index contributed by atoms with van der Waals surface area (Å²) in [5, 5.41) is 4.17. The standard InChI is InChI=1S/C13H13ClINO/c1-9(10-3-2-4-11(14)7-10)16-8-12-5-6-13(15)17-12/h2-7,9,16H,8H2,1H3. The number of furan rings is 1. The molecule has 0 bridgehead atoms. The molecular formula is C13H13ClINO. The van der Waals surface area contributed by atoms with Gasteiger partial charge >= 0.3 is 0 Å². The van der Waals surface area contributed by atoms with E-state index in [9.17, 15) is 0 Å². The summed E-state index contributed by atoms with van der Waals surface area (Å²) in [6, 6.07) is 12.1. The van der Waals surface area contributed by atoms with Gasteiger partial charge in [-0.3, -0.25) is 0 Å². The lowest BCUT2D eigenvalue weighted by Gasteiger charge is -2.13. The summed E-state index contributed by atoms with van der Waals surface area (Å²) in [5.41, 5.74) is 1.18. The molecule has 0 radical (unpaired) electrons. The summed E-state index contributed by atoms with van der Waals surface area (Å²) in [6.07, 6.45) is 0. The van der Waals surface area contributed by atoms with Crippen molar-refractivity contribution in [2.24, 2.45) is 0 Å². The van der Waals surface area contributed by atoms with E-state index in [-0.39, 0.29) is 6.04 Å². The smallest absolute Gasteiger partial charge is 0.164 e. The van der Waals surface area contributed by atoms with Crippen molar-refractivity contribution in [3.05, 3.63) is 56.5 Å². The van der Waals surface area contributed by atoms with Gasteiger partial charge in [-0.1, -0.05) is 23.7 Å². The van der Waals surface area contributed by atoms with E-state index in [1.807, 2.05) is 30.3 Å². The first-order valence-corrected chi connectivity index (χ1v) is 6.84. The predicted molar refractivity (Wildman–Crippen MR) is 78.1 cm³/mol. The van der Waals surface area contributed by atoms with Crippen molar-refractivity contribution >= 4 is 34.2 Å². The highest BCUT2D eigenvalue weighted by Crippen LogP contribution is 2.18. The van der Waals surface area contributed by atoms with E-state index in [4.69, 9.17) is 16.0 Å². The third kappa shape index (κ3) is 3.72. The van der Waals surface area contributed by atoms with Crippen molar-refractivity contribution in [1.82, 2.24) is 5.32 Å². The third-order valence-corrected chi connectivity index (χ3v) is 3.37. The average Bonchev–Trinajstić information content (AvgIpc) is 2.72. The van der Waals surface area contributed by atoms with Crippen molar-refractivity contribution in [2.45, 2.75) is 19.5 Å². The Morgan fingerprint density at radius 3 is 2.82 bits per heavy atom. The molecule has 2 aromatic rings. The largest absolute Gasteiger partial charge is 0.454 e. The summed E-state index contributed by atoms with van der Waals surface area (Å²) < 4.78 is 6.40. The Balaban J connectivity index is 1.95. The van der Waals surface area contributed by atoms with Gasteiger partial charge in [0.15, 0.2) is 3.77 Å². The molecule has 0 aliphatic rings. The number of nitrogens with one attached hydrogen (secondary N) is 1. The molecule has 1 aromatic carbocycles. The van der Waals surface area contributed by atoms with Gasteiger partial charge in [0.25, 0.3) is 0 Å². The van der Waals surface area contributed by atoms with Crippen LogP contribution in [0.5, 0.6) is 0 Å². The van der Waals surface area contributed by atoms with Crippen molar-refractivity contribution in [1.29, 1.82) is 0 Å². The number of hydrogen-bond acceptors (Lipinski definition) is 2. The van der Waals surface area contributed by atoms with Gasteiger partial charge in [0, 0.05) is 11.1 Å². The van der Waals surface area contributed by atoms with Crippen LogP contribution in [0, 0.1) is 3.77 Å². The van der Waals surface area contributed by atoms with E-state index in [0.29, 0.717) is 0 Å². The van der Waals surface area contributed by atoms with Gasteiger partial charge < -0.3 is 9.73 Å². The molecule has 0 saturated heterocycles. The summed E-state index contributed by atoms with van der Waals surface area (Å²) >= 11 is 8.12. The quantitative estimate of drug-likeness (QED) is 0.817. The van der Waals surface area contributed by atoms with Gasteiger partial charge in [-0.15, -0.1) is 0 Å². The van der Waals surface area contributed by atoms with Crippen LogP contribution in [0.2, 0.25) is 5.02 Å². The fraction of sp³-hybridized carbons (Fsp3) is 0.231. The zero-order valence-corrected chi connectivity index (χ0v) is 12.3. The third-order valence-electron chi connectivity index (χ3n) is 2.56. The van der Waals surface area contributed by atoms with Gasteiger partial charge in [0.1, 0.15) is 5.76 Å². The van der Waals surface area contributed by atoms with E-state index >= 15 is 0 Å². The Hall–Kier alpha value is -0.520. The highest BCUT2D eigenvalue weighted by molar-refractivity contribution is 14.1. The van der Waals surface area contributed by atoms with Crippen LogP contribution >= 0.6 is 34.2 Å². The second-order valence-electron chi connectivity index (χ2n) is 3.86. The van der Waals surface area contributed by atoms with E-state index < -0.39 is 0 Å². The Morgan fingerprint density at radius 1 is 1.35 bits per heavy atom. The molecule has 17 heavy (non-hydrogen) atoms. The molecule has 4 heteroatoms. The van der Waals surface area contributed by atoms with Crippen LogP contribution in [-0.2, 0) is 6.54 Å². The lowest BCUT2D eigenvalue weighted by molar-refractivity contribution is 0.445. The molecular weight excluding hydrogens is 349 g/mol. The van der Waals surface area contributed by atoms with Crippen LogP contribution in [-0.4, -0.2) is 0 Å². The Kier molecular flexibility index (Phi) is 4.48. The molecule has 0 spiro atoms. The highest BCUT2D eigenvalue weighted by Gasteiger charge is 2.06. The normalized spacial score (nSPS) is 12.6. The maximum Gasteiger partial charge on any atom is 0.164 e. The van der Waals surface area contributed by atoms with Crippen molar-refractivity contribution in [3.63, 3.8) is 0 Å². The number of rotatable bonds is 4. The molecule has 2 nitrogen and oxygen atoms in total. The molecule has 1 unspecified atom stereocenters. The first-order chi connectivity index (χ1) is 8.15. The van der Waals surface area contributed by atoms with Crippen LogP contribution < -0.4 is 5.32 Å². The van der Waals surface area contributed by atoms with Crippen LogP contribution in [0.3, 0.4) is 0 Å². The first kappa shape index (κ1) is 12.9. The van der Waals surface area contributed by atoms with Gasteiger partial charge in [-0.25, -0.2) is 0 Å². The van der Waals surface area contributed by atoms with Crippen LogP contribution in [0.1, 0.15) is 24.3 Å². The van der Waals surface area contributed by atoms with E-state index in [2.05, 4.69) is 40.9 Å². The van der Waals surface area contributed by atoms with Gasteiger partial charge in [0.2, 0.25) is 0 Å². The number of halogens is 2. The fourth-order valence-corrected chi connectivity index (χ4v) is 2.26. The highest BCUT2D eigenvalue weighted by atomic mass is 127. The summed E-state index contributed by atoms with van der Waals surface area (Å²) in [5.74, 6) is 0.947. The van der Waals surface area contributed by atoms with Crippen molar-refractivity contribution in [2.75, 3.05) is 0 Å². The maximum atomic E-state index is 5.96. The zero-order valence-electron chi connectivity index (χ0n) is 9.41. The Morgan fingerprint density at radius 2 is 2.18 bits per heavy atom. The minimum Gasteiger partial charge on any atom is -0.454 e. The van der Waals surface area contributed by atoms with Gasteiger partial charge in [-0.05, 0) is 59.3 Å². The average molecular weight is 362 g/mol. The summed E-state index contributed by atoms with van der Waals surface area (Å²) in [6.45, 7) is 2.83. The second kappa shape index (κ2) is 5.89. The van der Waals surface area contributed by atoms with Crippen molar-refractivity contribution < 1.29 is 4.42 Å². The molecule has 1 atom stereocenters. The fourth-order valence-electron chi connectivity index (χ4n) is 1.59. The zero-order chi connectivity index (χ0) is 12.3. The molecule has 0 aliphatic heterocycles. The van der Waals surface area contributed by atoms with Crippen LogP contribution in [0.25, 0.3) is 0 Å². The van der Waals surface area contributed by atoms with Gasteiger partial charge in [-0.2, -0.15) is 0 Å². The molecule has 90 valence electrons. The molecule has 0 amide bonds. The minimum absolute atomic E-state index is 0.247. The van der Waals surface area contributed by atoms with E-state index in [1.54, 1.807) is 0 Å². The number of hydrogen-bond donors (Lipinski definition) is 1. The molecule has 1 N–H and O–H groups in total. The first-order valence-electron chi connectivity index (χ1n) is 5.38. The molecule has 1 aromatic heterocycles. The Bertz CT molecular complexity index is 498. The summed E-state index contributed by atoms with van der Waals surface area (Å²) in [4.78, 5) is 0. The topological polar surface area (TPSA) is 25.2 Å². The van der Waals surface area contributed by atoms with Gasteiger partial charge in [0.05, 0.1) is 6.54 Å². The lowest BCUT2D eigenvalue weighted by Crippen LogP contribution is -2.17. The van der Waals surface area contributed by atoms with E-state index in [1.165, 1.54) is 5.56 Å². The molecule has 2 rings (SSSR count). The lowest BCUT2D eigenvalue weighted by atomic mass is 10.1. The predicted octanol–water partition coefficient (Wildman–Crippen LogP) is 4.39. The van der Waals surface area contributed by atoms with Crippen molar-refractivity contribution in [3.8, 4) is 0 Å². The molecule has 0 saturated carbocycles. The maximum absolute atomic E-state index is 5.96. The van der Waals surface area contributed by atoms with Crippen LogP contribution in [0.15, 0.2) is 40.8 Å². The summed E-state index contributed by atoms with van der Waals surface area (Å²) in [7, 11) is 0. The second-order valence-corrected chi connectivity index (χ2v) is 5.36. The molecule has 0 fully saturated rings. The van der Waals surface area contributed by atoms with E-state index in [0.717, 1.165) is 21.1 Å². The monoisotopic (exact) mass is 361 g/mol.